The van der Waals surface area contributed by atoms with Gasteiger partial charge >= 0.3 is 37.8 Å². The predicted octanol–water partition coefficient (Wildman–Crippen LogP) is -3.77. The van der Waals surface area contributed by atoms with Gasteiger partial charge in [0.2, 0.25) is 0 Å². The fraction of sp³-hybridized carbons (Fsp3) is 1.00. The average molecular weight is 148 g/mol. The summed E-state index contributed by atoms with van der Waals surface area (Å²) in [7, 11) is 0.00463. The van der Waals surface area contributed by atoms with Gasteiger partial charge in [-0.05, 0) is 11.6 Å². The van der Waals surface area contributed by atoms with E-state index < -0.39 is 8.25 Å². The molecule has 0 amide bonds. The van der Waals surface area contributed by atoms with Gasteiger partial charge in [-0.2, -0.15) is 4.52 Å². The minimum Gasteiger partial charge on any atom is -0.566 e. The Morgan fingerprint density at radius 2 is 1.75 bits per heavy atom. The Hall–Kier alpha value is 0.980. The molecule has 0 saturated heterocycles. The minimum atomic E-state index is -2.60. The summed E-state index contributed by atoms with van der Waals surface area (Å²) in [6, 6.07) is 0. The zero-order valence-electron chi connectivity index (χ0n) is 5.25. The van der Waals surface area contributed by atoms with E-state index in [2.05, 4.69) is 10.3 Å². The Kier molecular flexibility index (Phi) is 31.3. The summed E-state index contributed by atoms with van der Waals surface area (Å²) in [4.78, 5) is 9.18. The molecule has 1 unspecified atom stereocenters. The molecule has 2 N–H and O–H groups in total. The third-order valence-electron chi connectivity index (χ3n) is 0.149. The molecule has 0 rings (SSSR count). The monoisotopic (exact) mass is 148 g/mol. The second-order valence-electron chi connectivity index (χ2n) is 0.406. The molecule has 0 aromatic carbocycles. The van der Waals surface area contributed by atoms with Crippen LogP contribution in [0.3, 0.4) is 0 Å². The first-order valence-corrected chi connectivity index (χ1v) is 2.63. The van der Waals surface area contributed by atoms with Crippen LogP contribution in [0, 0.1) is 0 Å². The number of nitrogens with two attached hydrogens (primary N) is 1. The Bertz CT molecular complexity index is 52.5. The van der Waals surface area contributed by atoms with Crippen LogP contribution in [0.1, 0.15) is 0 Å². The molecule has 0 radical (unpaired) electrons. The van der Waals surface area contributed by atoms with Gasteiger partial charge in [-0.3, -0.25) is 0 Å². The molecule has 0 aliphatic heterocycles. The van der Waals surface area contributed by atoms with Crippen molar-refractivity contribution in [3.8, 4) is 0 Å². The summed E-state index contributed by atoms with van der Waals surface area (Å²) in [5, 5.41) is 0. The van der Waals surface area contributed by atoms with Crippen molar-refractivity contribution in [1.29, 1.82) is 0 Å². The smallest absolute Gasteiger partial charge is 0.566 e. The first kappa shape index (κ1) is 16.0. The SMILES string of the molecule is CN.CO[P+](=O)[O-].[Na+]. The van der Waals surface area contributed by atoms with Gasteiger partial charge in [0, 0.05) is 0 Å². The summed E-state index contributed by atoms with van der Waals surface area (Å²) in [5.74, 6) is 0. The fourth-order valence-electron chi connectivity index (χ4n) is 0. The van der Waals surface area contributed by atoms with Gasteiger partial charge in [0.15, 0.2) is 0 Å². The van der Waals surface area contributed by atoms with E-state index >= 15 is 0 Å². The van der Waals surface area contributed by atoms with Gasteiger partial charge in [-0.25, -0.2) is 0 Å². The van der Waals surface area contributed by atoms with Gasteiger partial charge in [0.25, 0.3) is 0 Å². The maximum atomic E-state index is 9.18. The van der Waals surface area contributed by atoms with Crippen LogP contribution >= 0.6 is 8.25 Å². The van der Waals surface area contributed by atoms with Crippen LogP contribution in [-0.2, 0) is 9.09 Å². The maximum absolute atomic E-state index is 9.18. The number of hydrogen-bond donors (Lipinski definition) is 1. The second-order valence-corrected chi connectivity index (χ2v) is 1.22. The average Bonchev–Trinajstić information content (AvgIpc) is 1.73. The van der Waals surface area contributed by atoms with Crippen molar-refractivity contribution in [3.05, 3.63) is 0 Å². The van der Waals surface area contributed by atoms with E-state index in [4.69, 9.17) is 0 Å². The molecular formula is C2H8NNaO3P+. The van der Waals surface area contributed by atoms with Crippen molar-refractivity contribution in [3.63, 3.8) is 0 Å². The summed E-state index contributed by atoms with van der Waals surface area (Å²) >= 11 is 0. The summed E-state index contributed by atoms with van der Waals surface area (Å²) in [5.41, 5.74) is 4.50. The van der Waals surface area contributed by atoms with Crippen LogP contribution in [0.2, 0.25) is 0 Å². The first-order valence-electron chi connectivity index (χ1n) is 1.53. The van der Waals surface area contributed by atoms with Crippen LogP contribution in [0.5, 0.6) is 0 Å². The van der Waals surface area contributed by atoms with Gasteiger partial charge in [-0.15, -0.1) is 0 Å². The summed E-state index contributed by atoms with van der Waals surface area (Å²) in [6.07, 6.45) is 0. The van der Waals surface area contributed by atoms with Crippen LogP contribution < -0.4 is 40.2 Å². The van der Waals surface area contributed by atoms with Crippen LogP contribution in [0.15, 0.2) is 0 Å². The quantitative estimate of drug-likeness (QED) is 0.306. The summed E-state index contributed by atoms with van der Waals surface area (Å²) < 4.78 is 12.9. The van der Waals surface area contributed by atoms with E-state index in [1.54, 1.807) is 0 Å². The molecule has 0 aliphatic rings. The van der Waals surface area contributed by atoms with E-state index in [1.165, 1.54) is 7.05 Å². The number of hydrogen-bond acceptors (Lipinski definition) is 4. The Labute approximate surface area is 71.6 Å². The molecule has 0 bridgehead atoms. The van der Waals surface area contributed by atoms with Crippen LogP contribution in [0.25, 0.3) is 0 Å². The Morgan fingerprint density at radius 3 is 1.75 bits per heavy atom. The molecule has 6 heteroatoms. The molecule has 0 spiro atoms. The standard InChI is InChI=1S/CH5N.CH3O3P.Na/c1-2;1-4-5(2)3;/h2H2,1H3;1H3;/q;;+1. The second kappa shape index (κ2) is 15.7. The molecule has 0 saturated carbocycles. The summed E-state index contributed by atoms with van der Waals surface area (Å²) in [6.45, 7) is 0. The van der Waals surface area contributed by atoms with E-state index in [1.807, 2.05) is 0 Å². The number of rotatable bonds is 1. The maximum Gasteiger partial charge on any atom is 1.00 e. The van der Waals surface area contributed by atoms with E-state index in [9.17, 15) is 9.46 Å². The molecule has 0 aromatic rings. The predicted molar refractivity (Wildman–Crippen MR) is 24.7 cm³/mol. The normalized spacial score (nSPS) is 7.75. The molecule has 1 atom stereocenters. The third kappa shape index (κ3) is 28.1. The van der Waals surface area contributed by atoms with Crippen molar-refractivity contribution < 1.29 is 43.5 Å². The minimum absolute atomic E-state index is 0. The molecule has 0 fully saturated rings. The van der Waals surface area contributed by atoms with Crippen molar-refractivity contribution in [2.24, 2.45) is 5.73 Å². The van der Waals surface area contributed by atoms with Gasteiger partial charge in [0.1, 0.15) is 0 Å². The first-order chi connectivity index (χ1) is 3.27. The van der Waals surface area contributed by atoms with Gasteiger partial charge in [-0.1, -0.05) is 0 Å². The molecular weight excluding hydrogens is 140 g/mol. The zero-order chi connectivity index (χ0) is 6.28. The Morgan fingerprint density at radius 1 is 1.62 bits per heavy atom. The van der Waals surface area contributed by atoms with Crippen LogP contribution in [0.4, 0.5) is 0 Å². The molecule has 8 heavy (non-hydrogen) atoms. The molecule has 0 aromatic heterocycles. The third-order valence-corrected chi connectivity index (χ3v) is 0.447. The molecule has 0 aliphatic carbocycles. The van der Waals surface area contributed by atoms with E-state index in [0.717, 1.165) is 7.11 Å². The Balaban J connectivity index is -0.0000000750. The van der Waals surface area contributed by atoms with Crippen molar-refractivity contribution in [2.75, 3.05) is 14.2 Å². The fourth-order valence-corrected chi connectivity index (χ4v) is 0. The van der Waals surface area contributed by atoms with Gasteiger partial charge < -0.3 is 10.6 Å². The van der Waals surface area contributed by atoms with Crippen molar-refractivity contribution in [1.82, 2.24) is 0 Å². The van der Waals surface area contributed by atoms with E-state index in [-0.39, 0.29) is 29.6 Å². The van der Waals surface area contributed by atoms with Crippen LogP contribution in [-0.4, -0.2) is 14.2 Å². The van der Waals surface area contributed by atoms with Crippen molar-refractivity contribution in [2.45, 2.75) is 0 Å². The van der Waals surface area contributed by atoms with Gasteiger partial charge in [0.05, 0.1) is 7.11 Å². The molecule has 0 heterocycles. The zero-order valence-corrected chi connectivity index (χ0v) is 8.14. The topological polar surface area (TPSA) is 75.4 Å². The van der Waals surface area contributed by atoms with E-state index in [0.29, 0.717) is 0 Å². The van der Waals surface area contributed by atoms with Crippen molar-refractivity contribution >= 4 is 8.25 Å². The molecule has 4 nitrogen and oxygen atoms in total. The largest absolute Gasteiger partial charge is 1.00 e. The molecule has 44 valence electrons.